The molecule has 0 spiro atoms. The second-order valence-corrected chi connectivity index (χ2v) is 4.96. The highest BCUT2D eigenvalue weighted by atomic mass is 35.5. The smallest absolute Gasteiger partial charge is 0.127 e. The molecule has 1 atom stereocenters. The molecule has 2 aromatic rings. The van der Waals surface area contributed by atoms with Crippen LogP contribution < -0.4 is 9.47 Å². The summed E-state index contributed by atoms with van der Waals surface area (Å²) in [6.07, 6.45) is 0.956. The van der Waals surface area contributed by atoms with Crippen LogP contribution in [0.3, 0.4) is 0 Å². The van der Waals surface area contributed by atoms with Crippen LogP contribution in [0.4, 0.5) is 0 Å². The number of aryl methyl sites for hydroxylation is 1. The van der Waals surface area contributed by atoms with Crippen LogP contribution in [0.25, 0.3) is 0 Å². The maximum Gasteiger partial charge on any atom is 0.127 e. The van der Waals surface area contributed by atoms with Crippen molar-refractivity contribution in [1.82, 2.24) is 0 Å². The zero-order valence-electron chi connectivity index (χ0n) is 12.0. The quantitative estimate of drug-likeness (QED) is 0.750. The lowest BCUT2D eigenvalue weighted by Crippen LogP contribution is -2.01. The van der Waals surface area contributed by atoms with E-state index in [9.17, 15) is 0 Å². The first-order valence-corrected chi connectivity index (χ1v) is 7.08. The molecule has 0 N–H and O–H groups in total. The van der Waals surface area contributed by atoms with Gasteiger partial charge in [-0.2, -0.15) is 0 Å². The van der Waals surface area contributed by atoms with Gasteiger partial charge in [0.05, 0.1) is 19.6 Å². The van der Waals surface area contributed by atoms with Gasteiger partial charge in [-0.15, -0.1) is 11.6 Å². The van der Waals surface area contributed by atoms with Gasteiger partial charge in [0.15, 0.2) is 0 Å². The Morgan fingerprint density at radius 3 is 2.40 bits per heavy atom. The van der Waals surface area contributed by atoms with E-state index in [0.717, 1.165) is 29.0 Å². The van der Waals surface area contributed by atoms with Crippen LogP contribution in [-0.2, 0) is 6.42 Å². The first kappa shape index (κ1) is 14.7. The van der Waals surface area contributed by atoms with Crippen molar-refractivity contribution in [2.75, 3.05) is 14.2 Å². The van der Waals surface area contributed by atoms with Gasteiger partial charge in [-0.25, -0.2) is 0 Å². The van der Waals surface area contributed by atoms with Crippen molar-refractivity contribution >= 4 is 11.6 Å². The molecule has 0 fully saturated rings. The Morgan fingerprint density at radius 2 is 1.75 bits per heavy atom. The number of rotatable bonds is 5. The average molecular weight is 291 g/mol. The molecule has 0 bridgehead atoms. The Morgan fingerprint density at radius 1 is 1.00 bits per heavy atom. The van der Waals surface area contributed by atoms with Gasteiger partial charge >= 0.3 is 0 Å². The van der Waals surface area contributed by atoms with E-state index in [1.54, 1.807) is 14.2 Å². The van der Waals surface area contributed by atoms with Gasteiger partial charge in [0.25, 0.3) is 0 Å². The summed E-state index contributed by atoms with van der Waals surface area (Å²) >= 11 is 6.67. The second kappa shape index (κ2) is 6.67. The Balaban J connectivity index is 2.45. The van der Waals surface area contributed by atoms with Crippen LogP contribution in [0.15, 0.2) is 42.5 Å². The first-order valence-electron chi connectivity index (χ1n) is 6.65. The van der Waals surface area contributed by atoms with Crippen molar-refractivity contribution in [1.29, 1.82) is 0 Å². The summed E-state index contributed by atoms with van der Waals surface area (Å²) in [4.78, 5) is 0. The highest BCUT2D eigenvalue weighted by Crippen LogP contribution is 2.38. The lowest BCUT2D eigenvalue weighted by atomic mass is 9.97. The maximum absolute atomic E-state index is 6.67. The van der Waals surface area contributed by atoms with E-state index < -0.39 is 0 Å². The molecule has 0 amide bonds. The number of halogens is 1. The molecule has 0 saturated carbocycles. The predicted octanol–water partition coefficient (Wildman–Crippen LogP) is 4.59. The van der Waals surface area contributed by atoms with Gasteiger partial charge in [0.1, 0.15) is 11.5 Å². The lowest BCUT2D eigenvalue weighted by Gasteiger charge is -2.17. The van der Waals surface area contributed by atoms with Gasteiger partial charge in [0, 0.05) is 11.6 Å². The molecule has 0 radical (unpaired) electrons. The molecule has 0 aliphatic rings. The number of hydrogen-bond acceptors (Lipinski definition) is 2. The molecule has 106 valence electrons. The SMILES string of the molecule is CCc1ccccc1C(Cl)c1ccc(OC)cc1OC. The standard InChI is InChI=1S/C17H19ClO2/c1-4-12-7-5-6-8-14(12)17(18)15-10-9-13(19-2)11-16(15)20-3/h5-11,17H,4H2,1-3H3. The van der Waals surface area contributed by atoms with Gasteiger partial charge < -0.3 is 9.47 Å². The molecule has 20 heavy (non-hydrogen) atoms. The fourth-order valence-corrected chi connectivity index (χ4v) is 2.69. The van der Waals surface area contributed by atoms with Crippen LogP contribution in [-0.4, -0.2) is 14.2 Å². The van der Waals surface area contributed by atoms with Crippen LogP contribution in [0.2, 0.25) is 0 Å². The molecule has 2 rings (SSSR count). The molecule has 0 saturated heterocycles. The Hall–Kier alpha value is -1.67. The zero-order valence-corrected chi connectivity index (χ0v) is 12.8. The number of methoxy groups -OCH3 is 2. The van der Waals surface area contributed by atoms with Crippen LogP contribution in [0.5, 0.6) is 11.5 Å². The van der Waals surface area contributed by atoms with Gasteiger partial charge in [-0.05, 0) is 29.7 Å². The van der Waals surface area contributed by atoms with Crippen molar-refractivity contribution in [3.8, 4) is 11.5 Å². The minimum atomic E-state index is -0.230. The van der Waals surface area contributed by atoms with Gasteiger partial charge in [-0.3, -0.25) is 0 Å². The summed E-state index contributed by atoms with van der Waals surface area (Å²) in [5.74, 6) is 1.51. The molecule has 2 aromatic carbocycles. The monoisotopic (exact) mass is 290 g/mol. The third kappa shape index (κ3) is 2.91. The Labute approximate surface area is 125 Å². The third-order valence-electron chi connectivity index (χ3n) is 3.42. The molecular formula is C17H19ClO2. The number of ether oxygens (including phenoxy) is 2. The Kier molecular flexibility index (Phi) is 4.91. The number of alkyl halides is 1. The lowest BCUT2D eigenvalue weighted by molar-refractivity contribution is 0.391. The van der Waals surface area contributed by atoms with E-state index in [1.807, 2.05) is 30.3 Å². The van der Waals surface area contributed by atoms with E-state index >= 15 is 0 Å². The number of hydrogen-bond donors (Lipinski definition) is 0. The predicted molar refractivity (Wildman–Crippen MR) is 83.1 cm³/mol. The first-order chi connectivity index (χ1) is 9.71. The van der Waals surface area contributed by atoms with Crippen LogP contribution in [0, 0.1) is 0 Å². The summed E-state index contributed by atoms with van der Waals surface area (Å²) in [5.41, 5.74) is 3.33. The van der Waals surface area contributed by atoms with Crippen molar-refractivity contribution in [2.24, 2.45) is 0 Å². The van der Waals surface area contributed by atoms with Crippen molar-refractivity contribution < 1.29 is 9.47 Å². The molecule has 2 nitrogen and oxygen atoms in total. The largest absolute Gasteiger partial charge is 0.497 e. The van der Waals surface area contributed by atoms with Crippen molar-refractivity contribution in [3.05, 3.63) is 59.2 Å². The summed E-state index contributed by atoms with van der Waals surface area (Å²) in [7, 11) is 3.28. The molecule has 3 heteroatoms. The zero-order chi connectivity index (χ0) is 14.5. The average Bonchev–Trinajstić information content (AvgIpc) is 2.53. The normalized spacial score (nSPS) is 12.0. The second-order valence-electron chi connectivity index (χ2n) is 4.52. The molecule has 1 unspecified atom stereocenters. The van der Waals surface area contributed by atoms with E-state index in [-0.39, 0.29) is 5.38 Å². The maximum atomic E-state index is 6.67. The third-order valence-corrected chi connectivity index (χ3v) is 3.89. The molecule has 0 aromatic heterocycles. The number of benzene rings is 2. The van der Waals surface area contributed by atoms with Gasteiger partial charge in [0.2, 0.25) is 0 Å². The molecule has 0 aliphatic carbocycles. The van der Waals surface area contributed by atoms with Crippen molar-refractivity contribution in [3.63, 3.8) is 0 Å². The highest BCUT2D eigenvalue weighted by molar-refractivity contribution is 6.23. The van der Waals surface area contributed by atoms with Crippen LogP contribution in [0.1, 0.15) is 29.0 Å². The fourth-order valence-electron chi connectivity index (χ4n) is 2.30. The van der Waals surface area contributed by atoms with E-state index in [0.29, 0.717) is 0 Å². The fraction of sp³-hybridized carbons (Fsp3) is 0.294. The highest BCUT2D eigenvalue weighted by Gasteiger charge is 2.18. The van der Waals surface area contributed by atoms with E-state index in [2.05, 4.69) is 19.1 Å². The van der Waals surface area contributed by atoms with E-state index in [1.165, 1.54) is 5.56 Å². The van der Waals surface area contributed by atoms with E-state index in [4.69, 9.17) is 21.1 Å². The molecular weight excluding hydrogens is 272 g/mol. The minimum absolute atomic E-state index is 0.230. The molecule has 0 heterocycles. The molecule has 0 aliphatic heterocycles. The van der Waals surface area contributed by atoms with Crippen molar-refractivity contribution in [2.45, 2.75) is 18.7 Å². The topological polar surface area (TPSA) is 18.5 Å². The minimum Gasteiger partial charge on any atom is -0.497 e. The summed E-state index contributed by atoms with van der Waals surface area (Å²) in [6, 6.07) is 14.0. The van der Waals surface area contributed by atoms with Crippen LogP contribution >= 0.6 is 11.6 Å². The Bertz CT molecular complexity index is 581. The summed E-state index contributed by atoms with van der Waals surface area (Å²) in [6.45, 7) is 2.13. The summed E-state index contributed by atoms with van der Waals surface area (Å²) in [5, 5.41) is -0.230. The van der Waals surface area contributed by atoms with Gasteiger partial charge in [-0.1, -0.05) is 31.2 Å². The summed E-state index contributed by atoms with van der Waals surface area (Å²) < 4.78 is 10.7.